The highest BCUT2D eigenvalue weighted by Gasteiger charge is 2.30. The first-order valence-electron chi connectivity index (χ1n) is 7.98. The van der Waals surface area contributed by atoms with Crippen molar-refractivity contribution in [3.8, 4) is 11.5 Å². The Morgan fingerprint density at radius 2 is 1.88 bits per heavy atom. The Bertz CT molecular complexity index is 730. The van der Waals surface area contributed by atoms with Gasteiger partial charge in [0, 0.05) is 42.2 Å². The van der Waals surface area contributed by atoms with Gasteiger partial charge in [-0.2, -0.15) is 0 Å². The standard InChI is InChI=1S/C17H21ClN4O2/c1-17(2,3)15(23)21-7-9-22(10-8-21)16-20-19-14(24-16)12-5-4-6-13(18)11-12/h4-6,11H,7-10H2,1-3H3. The number of amides is 1. The molecule has 1 amide bonds. The predicted molar refractivity (Wildman–Crippen MR) is 93.0 cm³/mol. The Balaban J connectivity index is 1.67. The number of halogens is 1. The molecule has 1 aromatic carbocycles. The van der Waals surface area contributed by atoms with Gasteiger partial charge in [-0.1, -0.05) is 43.5 Å². The molecule has 2 aromatic rings. The minimum Gasteiger partial charge on any atom is -0.403 e. The Hall–Kier alpha value is -2.08. The molecule has 0 radical (unpaired) electrons. The van der Waals surface area contributed by atoms with Gasteiger partial charge in [0.25, 0.3) is 0 Å². The van der Waals surface area contributed by atoms with Crippen LogP contribution in [0.1, 0.15) is 20.8 Å². The molecular formula is C17H21ClN4O2. The fourth-order valence-corrected chi connectivity index (χ4v) is 2.85. The highest BCUT2D eigenvalue weighted by atomic mass is 35.5. The number of carbonyl (C=O) groups excluding carboxylic acids is 1. The van der Waals surface area contributed by atoms with Gasteiger partial charge in [-0.05, 0) is 18.2 Å². The van der Waals surface area contributed by atoms with Crippen LogP contribution >= 0.6 is 11.6 Å². The van der Waals surface area contributed by atoms with Gasteiger partial charge in [-0.3, -0.25) is 4.79 Å². The average Bonchev–Trinajstić information content (AvgIpc) is 3.03. The van der Waals surface area contributed by atoms with Crippen LogP contribution in [-0.2, 0) is 4.79 Å². The fourth-order valence-electron chi connectivity index (χ4n) is 2.66. The maximum Gasteiger partial charge on any atom is 0.318 e. The van der Waals surface area contributed by atoms with Crippen molar-refractivity contribution in [1.82, 2.24) is 15.1 Å². The topological polar surface area (TPSA) is 62.5 Å². The number of piperazine rings is 1. The minimum atomic E-state index is -0.355. The number of hydrogen-bond acceptors (Lipinski definition) is 5. The Kier molecular flexibility index (Phi) is 4.49. The molecule has 3 rings (SSSR count). The summed E-state index contributed by atoms with van der Waals surface area (Å²) in [5.41, 5.74) is 0.439. The first-order chi connectivity index (χ1) is 11.3. The van der Waals surface area contributed by atoms with Crippen molar-refractivity contribution < 1.29 is 9.21 Å². The van der Waals surface area contributed by atoms with E-state index in [-0.39, 0.29) is 11.3 Å². The van der Waals surface area contributed by atoms with E-state index in [1.807, 2.05) is 42.7 Å². The third-order valence-corrected chi connectivity index (χ3v) is 4.20. The summed E-state index contributed by atoms with van der Waals surface area (Å²) in [6, 6.07) is 7.79. The Labute approximate surface area is 146 Å². The van der Waals surface area contributed by atoms with E-state index in [0.717, 1.165) is 5.56 Å². The second-order valence-corrected chi connectivity index (χ2v) is 7.37. The number of benzene rings is 1. The van der Waals surface area contributed by atoms with Crippen LogP contribution < -0.4 is 4.90 Å². The van der Waals surface area contributed by atoms with E-state index in [2.05, 4.69) is 10.2 Å². The molecule has 1 aromatic heterocycles. The third-order valence-electron chi connectivity index (χ3n) is 3.96. The smallest absolute Gasteiger partial charge is 0.318 e. The van der Waals surface area contributed by atoms with E-state index in [1.54, 1.807) is 12.1 Å². The van der Waals surface area contributed by atoms with Gasteiger partial charge >= 0.3 is 6.01 Å². The van der Waals surface area contributed by atoms with Crippen LogP contribution in [0.4, 0.5) is 6.01 Å². The molecule has 1 aliphatic rings. The lowest BCUT2D eigenvalue weighted by Crippen LogP contribution is -2.51. The summed E-state index contributed by atoms with van der Waals surface area (Å²) in [5.74, 6) is 0.619. The summed E-state index contributed by atoms with van der Waals surface area (Å²) < 4.78 is 5.77. The van der Waals surface area contributed by atoms with Gasteiger partial charge in [-0.15, -0.1) is 5.10 Å². The van der Waals surface area contributed by atoms with Crippen LogP contribution in [0.15, 0.2) is 28.7 Å². The summed E-state index contributed by atoms with van der Waals surface area (Å²) in [7, 11) is 0. The SMILES string of the molecule is CC(C)(C)C(=O)N1CCN(c2nnc(-c3cccc(Cl)c3)o2)CC1. The Morgan fingerprint density at radius 3 is 2.50 bits per heavy atom. The fraction of sp³-hybridized carbons (Fsp3) is 0.471. The predicted octanol–water partition coefficient (Wildman–Crippen LogP) is 3.08. The van der Waals surface area contributed by atoms with Crippen molar-refractivity contribution in [2.24, 2.45) is 5.41 Å². The highest BCUT2D eigenvalue weighted by molar-refractivity contribution is 6.30. The number of rotatable bonds is 2. The van der Waals surface area contributed by atoms with Gasteiger partial charge < -0.3 is 14.2 Å². The second-order valence-electron chi connectivity index (χ2n) is 6.93. The number of aromatic nitrogens is 2. The molecule has 0 aliphatic carbocycles. The van der Waals surface area contributed by atoms with Crippen LogP contribution in [-0.4, -0.2) is 47.2 Å². The van der Waals surface area contributed by atoms with Gasteiger partial charge in [0.1, 0.15) is 0 Å². The van der Waals surface area contributed by atoms with E-state index >= 15 is 0 Å². The van der Waals surface area contributed by atoms with Crippen molar-refractivity contribution >= 4 is 23.5 Å². The summed E-state index contributed by atoms with van der Waals surface area (Å²) in [6.45, 7) is 8.50. The molecular weight excluding hydrogens is 328 g/mol. The van der Waals surface area contributed by atoms with Crippen molar-refractivity contribution in [1.29, 1.82) is 0 Å². The molecule has 1 aliphatic heterocycles. The molecule has 0 atom stereocenters. The molecule has 7 heteroatoms. The van der Waals surface area contributed by atoms with Gasteiger partial charge in [0.15, 0.2) is 0 Å². The largest absolute Gasteiger partial charge is 0.403 e. The molecule has 0 saturated carbocycles. The van der Waals surface area contributed by atoms with Crippen LogP contribution in [0.25, 0.3) is 11.5 Å². The van der Waals surface area contributed by atoms with E-state index in [9.17, 15) is 4.79 Å². The summed E-state index contributed by atoms with van der Waals surface area (Å²) in [6.07, 6.45) is 0. The molecule has 1 saturated heterocycles. The molecule has 2 heterocycles. The Morgan fingerprint density at radius 1 is 1.17 bits per heavy atom. The van der Waals surface area contributed by atoms with Crippen molar-refractivity contribution in [3.63, 3.8) is 0 Å². The zero-order valence-electron chi connectivity index (χ0n) is 14.1. The molecule has 0 unspecified atom stereocenters. The lowest BCUT2D eigenvalue weighted by Gasteiger charge is -2.36. The molecule has 6 nitrogen and oxygen atoms in total. The van der Waals surface area contributed by atoms with Gasteiger partial charge in [-0.25, -0.2) is 0 Å². The normalized spacial score (nSPS) is 15.7. The summed E-state index contributed by atoms with van der Waals surface area (Å²) >= 11 is 5.99. The lowest BCUT2D eigenvalue weighted by molar-refractivity contribution is -0.139. The lowest BCUT2D eigenvalue weighted by atomic mass is 9.94. The number of hydrogen-bond donors (Lipinski definition) is 0. The molecule has 24 heavy (non-hydrogen) atoms. The molecule has 128 valence electrons. The average molecular weight is 349 g/mol. The maximum absolute atomic E-state index is 12.3. The van der Waals surface area contributed by atoms with Crippen LogP contribution in [0.3, 0.4) is 0 Å². The zero-order valence-corrected chi connectivity index (χ0v) is 14.9. The van der Waals surface area contributed by atoms with Gasteiger partial charge in [0.05, 0.1) is 0 Å². The van der Waals surface area contributed by atoms with E-state index in [1.165, 1.54) is 0 Å². The third kappa shape index (κ3) is 3.53. The van der Waals surface area contributed by atoms with Crippen LogP contribution in [0, 0.1) is 5.41 Å². The van der Waals surface area contributed by atoms with E-state index in [0.29, 0.717) is 43.1 Å². The zero-order chi connectivity index (χ0) is 17.3. The van der Waals surface area contributed by atoms with Crippen molar-refractivity contribution in [2.45, 2.75) is 20.8 Å². The molecule has 1 fully saturated rings. The van der Waals surface area contributed by atoms with Gasteiger partial charge in [0.2, 0.25) is 11.8 Å². The van der Waals surface area contributed by atoms with Crippen LogP contribution in [0.2, 0.25) is 5.02 Å². The quantitative estimate of drug-likeness (QED) is 0.834. The molecule has 0 spiro atoms. The van der Waals surface area contributed by atoms with Crippen LogP contribution in [0.5, 0.6) is 0 Å². The first kappa shape index (κ1) is 16.8. The van der Waals surface area contributed by atoms with Crippen molar-refractivity contribution in [3.05, 3.63) is 29.3 Å². The number of nitrogens with zero attached hydrogens (tertiary/aromatic N) is 4. The second kappa shape index (κ2) is 6.43. The van der Waals surface area contributed by atoms with Crippen molar-refractivity contribution in [2.75, 3.05) is 31.1 Å². The number of anilines is 1. The first-order valence-corrected chi connectivity index (χ1v) is 8.36. The summed E-state index contributed by atoms with van der Waals surface area (Å²) in [5, 5.41) is 8.85. The highest BCUT2D eigenvalue weighted by Crippen LogP contribution is 2.25. The summed E-state index contributed by atoms with van der Waals surface area (Å²) in [4.78, 5) is 16.2. The monoisotopic (exact) mass is 348 g/mol. The number of carbonyl (C=O) groups is 1. The van der Waals surface area contributed by atoms with E-state index in [4.69, 9.17) is 16.0 Å². The molecule has 0 N–H and O–H groups in total. The molecule has 0 bridgehead atoms. The van der Waals surface area contributed by atoms with E-state index < -0.39 is 0 Å². The minimum absolute atomic E-state index is 0.173. The maximum atomic E-state index is 12.3.